The van der Waals surface area contributed by atoms with Crippen LogP contribution in [0.4, 0.5) is 0 Å². The highest BCUT2D eigenvalue weighted by atomic mass is 16.3. The summed E-state index contributed by atoms with van der Waals surface area (Å²) in [5.41, 5.74) is 2.08. The third-order valence-corrected chi connectivity index (χ3v) is 2.61. The molecule has 0 fully saturated rings. The fourth-order valence-electron chi connectivity index (χ4n) is 1.80. The number of para-hydroxylation sites is 1. The number of hydrogen-bond acceptors (Lipinski definition) is 3. The summed E-state index contributed by atoms with van der Waals surface area (Å²) in [4.78, 5) is 7.54. The summed E-state index contributed by atoms with van der Waals surface area (Å²) in [6.07, 6.45) is 0. The molecular weight excluding hydrogens is 214 g/mol. The van der Waals surface area contributed by atoms with Crippen LogP contribution in [0.25, 0.3) is 22.6 Å². The average Bonchev–Trinajstić information content (AvgIpc) is 2.93. The van der Waals surface area contributed by atoms with Crippen LogP contribution in [0, 0.1) is 18.3 Å². The molecule has 4 nitrogen and oxygen atoms in total. The van der Waals surface area contributed by atoms with Crippen molar-refractivity contribution in [3.8, 4) is 17.7 Å². The highest BCUT2D eigenvalue weighted by molar-refractivity contribution is 5.83. The van der Waals surface area contributed by atoms with Crippen molar-refractivity contribution in [2.45, 2.75) is 6.92 Å². The number of fused-ring (bicyclic) bond motifs is 1. The molecule has 0 saturated heterocycles. The Morgan fingerprint density at radius 3 is 2.88 bits per heavy atom. The Balaban J connectivity index is 2.24. The summed E-state index contributed by atoms with van der Waals surface area (Å²) >= 11 is 0. The smallest absolute Gasteiger partial charge is 0.174 e. The first-order chi connectivity index (χ1) is 8.28. The van der Waals surface area contributed by atoms with Gasteiger partial charge in [-0.2, -0.15) is 5.26 Å². The van der Waals surface area contributed by atoms with Gasteiger partial charge >= 0.3 is 0 Å². The maximum atomic E-state index is 8.99. The number of furan rings is 1. The van der Waals surface area contributed by atoms with E-state index in [4.69, 9.17) is 9.68 Å². The minimum Gasteiger partial charge on any atom is -0.458 e. The Hall–Kier alpha value is -2.54. The zero-order valence-corrected chi connectivity index (χ0v) is 9.19. The van der Waals surface area contributed by atoms with Gasteiger partial charge in [-0.25, -0.2) is 4.98 Å². The summed E-state index contributed by atoms with van der Waals surface area (Å²) in [5.74, 6) is 2.17. The molecule has 1 aromatic carbocycles. The van der Waals surface area contributed by atoms with Crippen LogP contribution in [0.2, 0.25) is 0 Å². The molecule has 0 aliphatic heterocycles. The Kier molecular flexibility index (Phi) is 1.99. The minimum absolute atomic E-state index is 0.563. The van der Waals surface area contributed by atoms with E-state index in [0.29, 0.717) is 22.7 Å². The second kappa shape index (κ2) is 3.49. The lowest BCUT2D eigenvalue weighted by Gasteiger charge is -1.88. The number of nitrogens with one attached hydrogen (secondary N) is 1. The van der Waals surface area contributed by atoms with E-state index >= 15 is 0 Å². The standard InChI is InChI=1S/C13H9N3O/c1-8-5-6-11(17-8)13-15-10-4-2-3-9(7-14)12(10)16-13/h2-6H,1H3,(H,15,16). The maximum absolute atomic E-state index is 8.99. The molecule has 0 spiro atoms. The predicted molar refractivity (Wildman–Crippen MR) is 63.2 cm³/mol. The van der Waals surface area contributed by atoms with Crippen LogP contribution in [0.5, 0.6) is 0 Å². The van der Waals surface area contributed by atoms with Crippen molar-refractivity contribution in [1.82, 2.24) is 9.97 Å². The summed E-state index contributed by atoms with van der Waals surface area (Å²) < 4.78 is 5.50. The van der Waals surface area contributed by atoms with Crippen LogP contribution in [0.1, 0.15) is 11.3 Å². The lowest BCUT2D eigenvalue weighted by Crippen LogP contribution is -1.77. The van der Waals surface area contributed by atoms with Crippen molar-refractivity contribution < 1.29 is 4.42 Å². The Labute approximate surface area is 97.5 Å². The van der Waals surface area contributed by atoms with Crippen LogP contribution in [0.3, 0.4) is 0 Å². The second-order valence-electron chi connectivity index (χ2n) is 3.81. The molecule has 4 heteroatoms. The lowest BCUT2D eigenvalue weighted by molar-refractivity contribution is 0.545. The van der Waals surface area contributed by atoms with E-state index in [0.717, 1.165) is 11.3 Å². The number of hydrogen-bond donors (Lipinski definition) is 1. The maximum Gasteiger partial charge on any atom is 0.174 e. The predicted octanol–water partition coefficient (Wildman–Crippen LogP) is 3.00. The number of aromatic amines is 1. The fourth-order valence-corrected chi connectivity index (χ4v) is 1.80. The number of benzene rings is 1. The molecule has 0 radical (unpaired) electrons. The minimum atomic E-state index is 0.563. The number of H-pyrrole nitrogens is 1. The third-order valence-electron chi connectivity index (χ3n) is 2.61. The molecule has 0 aliphatic rings. The quantitative estimate of drug-likeness (QED) is 0.689. The van der Waals surface area contributed by atoms with Gasteiger partial charge < -0.3 is 9.40 Å². The van der Waals surface area contributed by atoms with Crippen molar-refractivity contribution in [3.63, 3.8) is 0 Å². The first kappa shape index (κ1) is 9.67. The van der Waals surface area contributed by atoms with E-state index < -0.39 is 0 Å². The van der Waals surface area contributed by atoms with Crippen molar-refractivity contribution in [2.75, 3.05) is 0 Å². The molecule has 0 unspecified atom stereocenters. The first-order valence-corrected chi connectivity index (χ1v) is 5.23. The Bertz CT molecular complexity index is 731. The van der Waals surface area contributed by atoms with Crippen molar-refractivity contribution in [1.29, 1.82) is 5.26 Å². The number of imidazole rings is 1. The van der Waals surface area contributed by atoms with Crippen LogP contribution in [-0.2, 0) is 0 Å². The molecule has 2 heterocycles. The number of aromatic nitrogens is 2. The normalized spacial score (nSPS) is 10.6. The fraction of sp³-hybridized carbons (Fsp3) is 0.0769. The molecule has 17 heavy (non-hydrogen) atoms. The summed E-state index contributed by atoms with van der Waals surface area (Å²) in [6, 6.07) is 11.3. The van der Waals surface area contributed by atoms with Crippen LogP contribution < -0.4 is 0 Å². The highest BCUT2D eigenvalue weighted by Gasteiger charge is 2.10. The van der Waals surface area contributed by atoms with E-state index in [1.54, 1.807) is 6.07 Å². The molecule has 2 aromatic heterocycles. The number of nitriles is 1. The number of nitrogens with zero attached hydrogens (tertiary/aromatic N) is 2. The topological polar surface area (TPSA) is 65.6 Å². The van der Waals surface area contributed by atoms with Gasteiger partial charge in [0.25, 0.3) is 0 Å². The van der Waals surface area contributed by atoms with Gasteiger partial charge in [0.1, 0.15) is 17.3 Å². The van der Waals surface area contributed by atoms with Crippen LogP contribution in [0.15, 0.2) is 34.7 Å². The van der Waals surface area contributed by atoms with Gasteiger partial charge in [0, 0.05) is 0 Å². The van der Waals surface area contributed by atoms with E-state index in [-0.39, 0.29) is 0 Å². The SMILES string of the molecule is Cc1ccc(-c2nc3c(C#N)cccc3[nH]2)o1. The number of aryl methyl sites for hydroxylation is 1. The van der Waals surface area contributed by atoms with Gasteiger partial charge in [-0.05, 0) is 31.2 Å². The number of rotatable bonds is 1. The molecule has 3 rings (SSSR count). The van der Waals surface area contributed by atoms with Crippen molar-refractivity contribution in [2.24, 2.45) is 0 Å². The highest BCUT2D eigenvalue weighted by Crippen LogP contribution is 2.23. The summed E-state index contributed by atoms with van der Waals surface area (Å²) in [6.45, 7) is 1.88. The van der Waals surface area contributed by atoms with E-state index in [1.807, 2.05) is 31.2 Å². The summed E-state index contributed by atoms with van der Waals surface area (Å²) in [5, 5.41) is 8.99. The van der Waals surface area contributed by atoms with Gasteiger partial charge in [0.2, 0.25) is 0 Å². The Morgan fingerprint density at radius 2 is 2.18 bits per heavy atom. The largest absolute Gasteiger partial charge is 0.458 e. The van der Waals surface area contributed by atoms with Gasteiger partial charge in [-0.1, -0.05) is 6.07 Å². The molecule has 0 aliphatic carbocycles. The van der Waals surface area contributed by atoms with Gasteiger partial charge in [0.15, 0.2) is 11.6 Å². The van der Waals surface area contributed by atoms with Gasteiger partial charge in [-0.3, -0.25) is 0 Å². The lowest BCUT2D eigenvalue weighted by atomic mass is 10.2. The summed E-state index contributed by atoms with van der Waals surface area (Å²) in [7, 11) is 0. The van der Waals surface area contributed by atoms with Gasteiger partial charge in [0.05, 0.1) is 11.1 Å². The molecule has 0 saturated carbocycles. The molecule has 82 valence electrons. The van der Waals surface area contributed by atoms with Crippen molar-refractivity contribution in [3.05, 3.63) is 41.7 Å². The molecule has 1 N–H and O–H groups in total. The second-order valence-corrected chi connectivity index (χ2v) is 3.81. The van der Waals surface area contributed by atoms with E-state index in [1.165, 1.54) is 0 Å². The molecule has 0 amide bonds. The third kappa shape index (κ3) is 1.49. The monoisotopic (exact) mass is 223 g/mol. The molecular formula is C13H9N3O. The Morgan fingerprint density at radius 1 is 1.29 bits per heavy atom. The molecule has 0 bridgehead atoms. The van der Waals surface area contributed by atoms with Crippen LogP contribution in [-0.4, -0.2) is 9.97 Å². The zero-order chi connectivity index (χ0) is 11.8. The van der Waals surface area contributed by atoms with Crippen LogP contribution >= 0.6 is 0 Å². The first-order valence-electron chi connectivity index (χ1n) is 5.23. The molecule has 3 aromatic rings. The van der Waals surface area contributed by atoms with E-state index in [9.17, 15) is 0 Å². The van der Waals surface area contributed by atoms with Crippen molar-refractivity contribution >= 4 is 11.0 Å². The molecule has 0 atom stereocenters. The zero-order valence-electron chi connectivity index (χ0n) is 9.19. The average molecular weight is 223 g/mol. The van der Waals surface area contributed by atoms with Gasteiger partial charge in [-0.15, -0.1) is 0 Å². The van der Waals surface area contributed by atoms with E-state index in [2.05, 4.69) is 16.0 Å².